The molecule has 0 aliphatic heterocycles. The first kappa shape index (κ1) is 22.7. The van der Waals surface area contributed by atoms with Crippen molar-refractivity contribution in [3.63, 3.8) is 0 Å². The van der Waals surface area contributed by atoms with Crippen molar-refractivity contribution in [3.8, 4) is 0 Å². The van der Waals surface area contributed by atoms with E-state index in [1.165, 1.54) is 42.6 Å². The molecule has 3 aromatic carbocycles. The van der Waals surface area contributed by atoms with Gasteiger partial charge in [-0.1, -0.05) is 35.9 Å². The van der Waals surface area contributed by atoms with Crippen LogP contribution in [0.15, 0.2) is 76.7 Å². The molecule has 164 valence electrons. The van der Waals surface area contributed by atoms with Crippen LogP contribution in [0.5, 0.6) is 0 Å². The zero-order valence-corrected chi connectivity index (χ0v) is 17.6. The largest absolute Gasteiger partial charge is 0.278 e. The Morgan fingerprint density at radius 2 is 1.56 bits per heavy atom. The number of nitrogens with one attached hydrogen (secondary N) is 2. The molecule has 0 amide bonds. The van der Waals surface area contributed by atoms with Gasteiger partial charge in [-0.05, 0) is 18.2 Å². The molecule has 3 aromatic rings. The van der Waals surface area contributed by atoms with Crippen LogP contribution >= 0.6 is 11.6 Å². The number of halogens is 1. The van der Waals surface area contributed by atoms with Gasteiger partial charge in [-0.25, -0.2) is 8.42 Å². The molecular weight excluding hydrogens is 462 g/mol. The van der Waals surface area contributed by atoms with Gasteiger partial charge in [-0.15, -0.1) is 0 Å². The second-order valence-electron chi connectivity index (χ2n) is 6.25. The van der Waals surface area contributed by atoms with E-state index < -0.39 is 30.5 Å². The lowest BCUT2D eigenvalue weighted by molar-refractivity contribution is -0.385. The normalized spacial score (nSPS) is 11.3. The third-order valence-electron chi connectivity index (χ3n) is 4.06. The van der Waals surface area contributed by atoms with Crippen LogP contribution in [-0.4, -0.2) is 24.5 Å². The second kappa shape index (κ2) is 9.41. The summed E-state index contributed by atoms with van der Waals surface area (Å²) in [4.78, 5) is 20.3. The summed E-state index contributed by atoms with van der Waals surface area (Å²) in [6.45, 7) is 0. The molecule has 32 heavy (non-hydrogen) atoms. The van der Waals surface area contributed by atoms with Crippen molar-refractivity contribution >= 4 is 50.6 Å². The number of hydrogen-bond acceptors (Lipinski definition) is 8. The quantitative estimate of drug-likeness (QED) is 0.277. The van der Waals surface area contributed by atoms with Gasteiger partial charge in [0.15, 0.2) is 0 Å². The number of hydrogen-bond donors (Lipinski definition) is 2. The summed E-state index contributed by atoms with van der Waals surface area (Å²) in [5, 5.41) is 26.1. The van der Waals surface area contributed by atoms with Gasteiger partial charge in [0.05, 0.1) is 32.5 Å². The van der Waals surface area contributed by atoms with Gasteiger partial charge in [0.25, 0.3) is 21.4 Å². The Hall–Kier alpha value is -4.03. The molecule has 0 heterocycles. The van der Waals surface area contributed by atoms with E-state index in [1.54, 1.807) is 18.2 Å². The average molecular weight is 476 g/mol. The van der Waals surface area contributed by atoms with Gasteiger partial charge < -0.3 is 0 Å². The smallest absolute Gasteiger partial charge is 0.270 e. The van der Waals surface area contributed by atoms with Crippen molar-refractivity contribution < 1.29 is 18.3 Å². The summed E-state index contributed by atoms with van der Waals surface area (Å²) in [7, 11) is -4.30. The van der Waals surface area contributed by atoms with Crippen molar-refractivity contribution in [2.45, 2.75) is 4.90 Å². The molecule has 0 saturated carbocycles. The zero-order chi connectivity index (χ0) is 23.3. The van der Waals surface area contributed by atoms with Crippen molar-refractivity contribution in [2.75, 3.05) is 10.1 Å². The molecule has 0 unspecified atom stereocenters. The van der Waals surface area contributed by atoms with Crippen LogP contribution in [-0.2, 0) is 10.0 Å². The van der Waals surface area contributed by atoms with E-state index in [4.69, 9.17) is 11.6 Å². The molecule has 0 bridgehead atoms. The molecule has 2 N–H and O–H groups in total. The molecule has 0 radical (unpaired) electrons. The van der Waals surface area contributed by atoms with Crippen LogP contribution in [0, 0.1) is 20.2 Å². The van der Waals surface area contributed by atoms with Crippen LogP contribution < -0.4 is 10.1 Å². The van der Waals surface area contributed by atoms with Crippen LogP contribution in [0.2, 0.25) is 5.02 Å². The summed E-state index contributed by atoms with van der Waals surface area (Å²) in [6.07, 6.45) is 1.24. The summed E-state index contributed by atoms with van der Waals surface area (Å²) in [6, 6.07) is 14.9. The molecule has 0 saturated heterocycles. The highest BCUT2D eigenvalue weighted by Gasteiger charge is 2.23. The fraction of sp³-hybridized carbons (Fsp3) is 0. The predicted octanol–water partition coefficient (Wildman–Crippen LogP) is 4.40. The van der Waals surface area contributed by atoms with E-state index in [2.05, 4.69) is 15.2 Å². The maximum absolute atomic E-state index is 12.9. The second-order valence-corrected chi connectivity index (χ2v) is 8.30. The number of sulfonamides is 1. The Balaban J connectivity index is 1.94. The molecule has 0 spiro atoms. The zero-order valence-electron chi connectivity index (χ0n) is 16.0. The summed E-state index contributed by atoms with van der Waals surface area (Å²) in [5.74, 6) is 0. The summed E-state index contributed by atoms with van der Waals surface area (Å²) in [5.41, 5.74) is 2.33. The monoisotopic (exact) mass is 475 g/mol. The first-order valence-corrected chi connectivity index (χ1v) is 10.6. The molecule has 11 nitrogen and oxygen atoms in total. The summed E-state index contributed by atoms with van der Waals surface area (Å²) >= 11 is 6.00. The van der Waals surface area contributed by atoms with Gasteiger partial charge in [-0.3, -0.25) is 30.4 Å². The number of anilines is 2. The molecule has 3 rings (SSSR count). The number of non-ortho nitro benzene ring substituents is 2. The predicted molar refractivity (Wildman–Crippen MR) is 120 cm³/mol. The van der Waals surface area contributed by atoms with Gasteiger partial charge in [-0.2, -0.15) is 5.10 Å². The van der Waals surface area contributed by atoms with E-state index in [-0.39, 0.29) is 22.1 Å². The van der Waals surface area contributed by atoms with E-state index >= 15 is 0 Å². The Bertz CT molecular complexity index is 1330. The van der Waals surface area contributed by atoms with Crippen LogP contribution in [0.3, 0.4) is 0 Å². The van der Waals surface area contributed by atoms with E-state index in [0.717, 1.165) is 12.1 Å². The van der Waals surface area contributed by atoms with E-state index in [9.17, 15) is 28.6 Å². The minimum absolute atomic E-state index is 0.0585. The lowest BCUT2D eigenvalue weighted by Gasteiger charge is -2.12. The molecule has 0 aliphatic carbocycles. The van der Waals surface area contributed by atoms with Crippen molar-refractivity contribution in [1.29, 1.82) is 0 Å². The first-order chi connectivity index (χ1) is 15.2. The van der Waals surface area contributed by atoms with Gasteiger partial charge in [0.2, 0.25) is 0 Å². The molecule has 0 atom stereocenters. The SMILES string of the molecule is O=[N+]([O-])c1cccc(C=NNc2ccc([N+](=O)[O-])cc2S(=O)(=O)Nc2ccccc2Cl)c1. The van der Waals surface area contributed by atoms with Crippen molar-refractivity contribution in [3.05, 3.63) is 97.5 Å². The van der Waals surface area contributed by atoms with E-state index in [0.29, 0.717) is 5.56 Å². The number of nitrogens with zero attached hydrogens (tertiary/aromatic N) is 3. The maximum atomic E-state index is 12.9. The molecule has 0 aliphatic rings. The Morgan fingerprint density at radius 1 is 0.875 bits per heavy atom. The topological polar surface area (TPSA) is 157 Å². The molecule has 0 aromatic heterocycles. The highest BCUT2D eigenvalue weighted by atomic mass is 35.5. The fourth-order valence-electron chi connectivity index (χ4n) is 2.58. The maximum Gasteiger partial charge on any atom is 0.270 e. The number of para-hydroxylation sites is 1. The number of rotatable bonds is 8. The van der Waals surface area contributed by atoms with Gasteiger partial charge in [0, 0.05) is 29.8 Å². The molecular formula is C19H14ClN5O6S. The highest BCUT2D eigenvalue weighted by molar-refractivity contribution is 7.93. The number of hydrazone groups is 1. The number of nitro groups is 2. The third-order valence-corrected chi connectivity index (χ3v) is 5.80. The minimum Gasteiger partial charge on any atom is -0.278 e. The Kier molecular flexibility index (Phi) is 6.66. The lowest BCUT2D eigenvalue weighted by Crippen LogP contribution is -2.15. The average Bonchev–Trinajstić information content (AvgIpc) is 2.75. The molecule has 0 fully saturated rings. The number of benzene rings is 3. The van der Waals surface area contributed by atoms with Gasteiger partial charge in [0.1, 0.15) is 4.90 Å². The van der Waals surface area contributed by atoms with Crippen LogP contribution in [0.4, 0.5) is 22.7 Å². The summed E-state index contributed by atoms with van der Waals surface area (Å²) < 4.78 is 28.2. The molecule has 13 heteroatoms. The van der Waals surface area contributed by atoms with Crippen molar-refractivity contribution in [1.82, 2.24) is 0 Å². The standard InChI is InChI=1S/C19H14ClN5O6S/c20-16-6-1-2-7-17(16)23-32(30,31)19-11-15(25(28)29)8-9-18(19)22-21-12-13-4-3-5-14(10-13)24(26)27/h1-12,22-23H. The fourth-order valence-corrected chi connectivity index (χ4v) is 4.07. The first-order valence-electron chi connectivity index (χ1n) is 8.77. The van der Waals surface area contributed by atoms with Gasteiger partial charge >= 0.3 is 0 Å². The Labute approximate surface area is 186 Å². The minimum atomic E-state index is -4.30. The van der Waals surface area contributed by atoms with E-state index in [1.807, 2.05) is 0 Å². The van der Waals surface area contributed by atoms with Crippen LogP contribution in [0.25, 0.3) is 0 Å². The number of nitro benzene ring substituents is 2. The van der Waals surface area contributed by atoms with Crippen molar-refractivity contribution in [2.24, 2.45) is 5.10 Å². The third kappa shape index (κ3) is 5.36. The van der Waals surface area contributed by atoms with Crippen LogP contribution in [0.1, 0.15) is 5.56 Å². The lowest BCUT2D eigenvalue weighted by atomic mass is 10.2. The highest BCUT2D eigenvalue weighted by Crippen LogP contribution is 2.30. The Morgan fingerprint density at radius 3 is 2.25 bits per heavy atom.